The number of nitrogens with zero attached hydrogens (tertiary/aromatic N) is 3. The Hall–Kier alpha value is -1.66. The van der Waals surface area contributed by atoms with Crippen LogP contribution in [-0.2, 0) is 11.8 Å². The van der Waals surface area contributed by atoms with Crippen molar-refractivity contribution >= 4 is 16.9 Å². The number of aryl methyl sites for hydroxylation is 1. The van der Waals surface area contributed by atoms with Gasteiger partial charge in [0.15, 0.2) is 5.82 Å². The van der Waals surface area contributed by atoms with Crippen molar-refractivity contribution in [3.05, 3.63) is 18.6 Å². The fraction of sp³-hybridized carbons (Fsp3) is 0.500. The van der Waals surface area contributed by atoms with Crippen molar-refractivity contribution in [1.82, 2.24) is 19.9 Å². The van der Waals surface area contributed by atoms with Gasteiger partial charge in [-0.15, -0.1) is 0 Å². The predicted octanol–water partition coefficient (Wildman–Crippen LogP) is 0.369. The third-order valence-corrected chi connectivity index (χ3v) is 3.16. The molecule has 1 unspecified atom stereocenters. The fourth-order valence-corrected chi connectivity index (χ4v) is 2.16. The Morgan fingerprint density at radius 3 is 3.33 bits per heavy atom. The van der Waals surface area contributed by atoms with Crippen LogP contribution in [0.3, 0.4) is 0 Å². The molecule has 6 heteroatoms. The largest absolute Gasteiger partial charge is 0.378 e. The van der Waals surface area contributed by atoms with E-state index in [2.05, 4.69) is 20.6 Å². The Labute approximate surface area is 105 Å². The molecule has 1 fully saturated rings. The maximum atomic E-state index is 5.42. The number of anilines is 1. The normalized spacial score (nSPS) is 20.2. The molecule has 0 saturated carbocycles. The first-order valence-electron chi connectivity index (χ1n) is 6.15. The number of hydrogen-bond donors (Lipinski definition) is 2. The zero-order valence-corrected chi connectivity index (χ0v) is 10.4. The summed E-state index contributed by atoms with van der Waals surface area (Å²) in [6.07, 6.45) is 3.61. The minimum Gasteiger partial charge on any atom is -0.378 e. The maximum absolute atomic E-state index is 5.42. The molecule has 3 heterocycles. The van der Waals surface area contributed by atoms with Crippen LogP contribution in [0, 0.1) is 0 Å². The average molecular weight is 247 g/mol. The molecule has 1 aliphatic heterocycles. The highest BCUT2D eigenvalue weighted by atomic mass is 16.5. The molecule has 0 aromatic carbocycles. The van der Waals surface area contributed by atoms with Crippen molar-refractivity contribution in [2.75, 3.05) is 31.6 Å². The van der Waals surface area contributed by atoms with Crippen LogP contribution in [-0.4, -0.2) is 46.9 Å². The topological polar surface area (TPSA) is 64.0 Å². The average Bonchev–Trinajstić information content (AvgIpc) is 2.80. The van der Waals surface area contributed by atoms with E-state index in [1.54, 1.807) is 12.5 Å². The van der Waals surface area contributed by atoms with E-state index >= 15 is 0 Å². The molecule has 0 bridgehead atoms. The SMILES string of the molecule is Cn1cnc2c(NCC3COCCN3)nccc21. The van der Waals surface area contributed by atoms with E-state index in [1.165, 1.54) is 0 Å². The Kier molecular flexibility index (Phi) is 3.12. The van der Waals surface area contributed by atoms with E-state index in [1.807, 2.05) is 17.7 Å². The first-order chi connectivity index (χ1) is 8.84. The van der Waals surface area contributed by atoms with Gasteiger partial charge in [0.2, 0.25) is 0 Å². The Balaban J connectivity index is 1.74. The number of pyridine rings is 1. The smallest absolute Gasteiger partial charge is 0.154 e. The molecule has 2 aromatic heterocycles. The Morgan fingerprint density at radius 2 is 2.50 bits per heavy atom. The first kappa shape index (κ1) is 11.4. The number of ether oxygens (including phenoxy) is 1. The van der Waals surface area contributed by atoms with E-state index in [0.29, 0.717) is 6.04 Å². The zero-order chi connectivity index (χ0) is 12.4. The quantitative estimate of drug-likeness (QED) is 0.820. The number of nitrogens with one attached hydrogen (secondary N) is 2. The third-order valence-electron chi connectivity index (χ3n) is 3.16. The predicted molar refractivity (Wildman–Crippen MR) is 69.6 cm³/mol. The molecule has 18 heavy (non-hydrogen) atoms. The van der Waals surface area contributed by atoms with Crippen LogP contribution in [0.4, 0.5) is 5.82 Å². The maximum Gasteiger partial charge on any atom is 0.154 e. The second-order valence-corrected chi connectivity index (χ2v) is 4.49. The van der Waals surface area contributed by atoms with Gasteiger partial charge in [0, 0.05) is 32.4 Å². The summed E-state index contributed by atoms with van der Waals surface area (Å²) in [5, 5.41) is 6.74. The number of aromatic nitrogens is 3. The van der Waals surface area contributed by atoms with E-state index in [0.717, 1.165) is 43.2 Å². The Bertz CT molecular complexity index is 532. The van der Waals surface area contributed by atoms with Crippen LogP contribution in [0.5, 0.6) is 0 Å². The lowest BCUT2D eigenvalue weighted by molar-refractivity contribution is 0.0806. The number of rotatable bonds is 3. The van der Waals surface area contributed by atoms with Gasteiger partial charge in [-0.3, -0.25) is 0 Å². The molecule has 1 atom stereocenters. The van der Waals surface area contributed by atoms with Crippen LogP contribution in [0.1, 0.15) is 0 Å². The van der Waals surface area contributed by atoms with Crippen molar-refractivity contribution in [3.8, 4) is 0 Å². The molecule has 2 N–H and O–H groups in total. The molecule has 0 radical (unpaired) electrons. The van der Waals surface area contributed by atoms with Gasteiger partial charge < -0.3 is 19.9 Å². The molecule has 0 spiro atoms. The molecular weight excluding hydrogens is 230 g/mol. The van der Waals surface area contributed by atoms with Crippen molar-refractivity contribution in [1.29, 1.82) is 0 Å². The van der Waals surface area contributed by atoms with Gasteiger partial charge in [-0.05, 0) is 6.07 Å². The standard InChI is InChI=1S/C12H17N5O/c1-17-8-16-11-10(17)2-3-14-12(11)15-6-9-7-18-5-4-13-9/h2-3,8-9,13H,4-7H2,1H3,(H,14,15). The summed E-state index contributed by atoms with van der Waals surface area (Å²) in [6, 6.07) is 2.30. The fourth-order valence-electron chi connectivity index (χ4n) is 2.16. The zero-order valence-electron chi connectivity index (χ0n) is 10.4. The van der Waals surface area contributed by atoms with Crippen LogP contribution in [0.25, 0.3) is 11.0 Å². The molecule has 1 saturated heterocycles. The van der Waals surface area contributed by atoms with Gasteiger partial charge in [-0.25, -0.2) is 9.97 Å². The summed E-state index contributed by atoms with van der Waals surface area (Å²) >= 11 is 0. The van der Waals surface area contributed by atoms with Crippen LogP contribution in [0.15, 0.2) is 18.6 Å². The Morgan fingerprint density at radius 1 is 1.56 bits per heavy atom. The first-order valence-corrected chi connectivity index (χ1v) is 6.15. The second kappa shape index (κ2) is 4.91. The van der Waals surface area contributed by atoms with Gasteiger partial charge >= 0.3 is 0 Å². The van der Waals surface area contributed by atoms with Gasteiger partial charge in [-0.2, -0.15) is 0 Å². The lowest BCUT2D eigenvalue weighted by Gasteiger charge is -2.24. The van der Waals surface area contributed by atoms with Crippen molar-refractivity contribution in [3.63, 3.8) is 0 Å². The van der Waals surface area contributed by atoms with Crippen molar-refractivity contribution in [2.24, 2.45) is 7.05 Å². The monoisotopic (exact) mass is 247 g/mol. The minimum absolute atomic E-state index is 0.333. The summed E-state index contributed by atoms with van der Waals surface area (Å²) in [5.41, 5.74) is 2.00. The molecular formula is C12H17N5O. The minimum atomic E-state index is 0.333. The summed E-state index contributed by atoms with van der Waals surface area (Å²) in [7, 11) is 1.98. The highest BCUT2D eigenvalue weighted by molar-refractivity contribution is 5.85. The summed E-state index contributed by atoms with van der Waals surface area (Å²) < 4.78 is 7.41. The molecule has 6 nitrogen and oxygen atoms in total. The van der Waals surface area contributed by atoms with Gasteiger partial charge in [0.05, 0.1) is 25.1 Å². The summed E-state index contributed by atoms with van der Waals surface area (Å²) in [5.74, 6) is 0.834. The number of fused-ring (bicyclic) bond motifs is 1. The molecule has 2 aromatic rings. The number of imidazole rings is 1. The van der Waals surface area contributed by atoms with Crippen LogP contribution >= 0.6 is 0 Å². The summed E-state index contributed by atoms with van der Waals surface area (Å²) in [4.78, 5) is 8.72. The van der Waals surface area contributed by atoms with Gasteiger partial charge in [0.25, 0.3) is 0 Å². The van der Waals surface area contributed by atoms with E-state index in [-0.39, 0.29) is 0 Å². The van der Waals surface area contributed by atoms with Gasteiger partial charge in [0.1, 0.15) is 5.52 Å². The molecule has 96 valence electrons. The lowest BCUT2D eigenvalue weighted by Crippen LogP contribution is -2.45. The summed E-state index contributed by atoms with van der Waals surface area (Å²) in [6.45, 7) is 3.24. The number of hydrogen-bond acceptors (Lipinski definition) is 5. The van der Waals surface area contributed by atoms with Crippen molar-refractivity contribution < 1.29 is 4.74 Å². The van der Waals surface area contributed by atoms with E-state index < -0.39 is 0 Å². The molecule has 0 aliphatic carbocycles. The highest BCUT2D eigenvalue weighted by Crippen LogP contribution is 2.18. The molecule has 3 rings (SSSR count). The lowest BCUT2D eigenvalue weighted by atomic mass is 10.2. The van der Waals surface area contributed by atoms with Crippen LogP contribution < -0.4 is 10.6 Å². The molecule has 0 amide bonds. The number of morpholine rings is 1. The third kappa shape index (κ3) is 2.16. The highest BCUT2D eigenvalue weighted by Gasteiger charge is 2.14. The van der Waals surface area contributed by atoms with Crippen molar-refractivity contribution in [2.45, 2.75) is 6.04 Å². The molecule has 1 aliphatic rings. The van der Waals surface area contributed by atoms with E-state index in [9.17, 15) is 0 Å². The second-order valence-electron chi connectivity index (χ2n) is 4.49. The van der Waals surface area contributed by atoms with Gasteiger partial charge in [-0.1, -0.05) is 0 Å². The van der Waals surface area contributed by atoms with Crippen LogP contribution in [0.2, 0.25) is 0 Å². The van der Waals surface area contributed by atoms with E-state index in [4.69, 9.17) is 4.74 Å².